The van der Waals surface area contributed by atoms with Gasteiger partial charge in [-0.15, -0.1) is 4.20 Å². The smallest absolute Gasteiger partial charge is 0.283 e. The highest BCUT2D eigenvalue weighted by molar-refractivity contribution is 7.48. The number of rotatable bonds is 2. The molecule has 0 amide bonds. The lowest BCUT2D eigenvalue weighted by molar-refractivity contribution is -0.0423. The molecular weight excluding hydrogens is 194 g/mol. The Morgan fingerprint density at radius 3 is 2.77 bits per heavy atom. The highest BCUT2D eigenvalue weighted by Gasteiger charge is 2.44. The molecule has 1 heterocycles. The molecule has 5 heteroatoms. The van der Waals surface area contributed by atoms with E-state index < -0.39 is 7.91 Å². The first-order valence-electron chi connectivity index (χ1n) is 4.52. The molecule has 0 radical (unpaired) electrons. The van der Waals surface area contributed by atoms with Gasteiger partial charge in [-0.3, -0.25) is 9.05 Å². The van der Waals surface area contributed by atoms with E-state index in [1.54, 1.807) is 6.92 Å². The van der Waals surface area contributed by atoms with Gasteiger partial charge in [0.25, 0.3) is 0 Å². The molecule has 78 valence electrons. The van der Waals surface area contributed by atoms with Crippen LogP contribution in [-0.2, 0) is 13.6 Å². The summed E-state index contributed by atoms with van der Waals surface area (Å²) in [5, 5.41) is 0. The van der Waals surface area contributed by atoms with E-state index in [-0.39, 0.29) is 18.1 Å². The van der Waals surface area contributed by atoms with Crippen LogP contribution in [0.2, 0.25) is 0 Å². The van der Waals surface area contributed by atoms with Gasteiger partial charge in [0.05, 0.1) is 12.7 Å². The van der Waals surface area contributed by atoms with Gasteiger partial charge in [0.1, 0.15) is 0 Å². The third kappa shape index (κ3) is 2.52. The second-order valence-corrected chi connectivity index (χ2v) is 5.19. The van der Waals surface area contributed by atoms with Gasteiger partial charge in [-0.2, -0.15) is 0 Å². The first-order chi connectivity index (χ1) is 5.90. The highest BCUT2D eigenvalue weighted by Crippen LogP contribution is 2.58. The zero-order valence-corrected chi connectivity index (χ0v) is 9.14. The Kier molecular flexibility index (Phi) is 3.16. The van der Waals surface area contributed by atoms with Crippen molar-refractivity contribution in [2.45, 2.75) is 39.7 Å². The molecule has 1 saturated heterocycles. The first-order valence-corrected chi connectivity index (χ1v) is 5.95. The molecule has 1 aliphatic rings. The van der Waals surface area contributed by atoms with Crippen molar-refractivity contribution < 1.29 is 17.8 Å². The molecule has 13 heavy (non-hydrogen) atoms. The van der Waals surface area contributed by atoms with E-state index in [0.29, 0.717) is 0 Å². The molecule has 1 fully saturated rings. The average Bonchev–Trinajstić information content (AvgIpc) is 1.99. The van der Waals surface area contributed by atoms with E-state index in [1.807, 2.05) is 13.8 Å². The van der Waals surface area contributed by atoms with Crippen LogP contribution in [0.1, 0.15) is 33.6 Å². The lowest BCUT2D eigenvalue weighted by atomic mass is 9.82. The van der Waals surface area contributed by atoms with Crippen molar-refractivity contribution >= 4 is 7.91 Å². The number of hydrogen-bond donors (Lipinski definition) is 0. The fourth-order valence-electron chi connectivity index (χ4n) is 1.53. The van der Waals surface area contributed by atoms with Crippen LogP contribution in [-0.4, -0.2) is 12.7 Å². The first kappa shape index (κ1) is 11.2. The van der Waals surface area contributed by atoms with Gasteiger partial charge in [0.15, 0.2) is 0 Å². The maximum Gasteiger partial charge on any atom is 0.513 e. The van der Waals surface area contributed by atoms with Crippen molar-refractivity contribution in [1.29, 1.82) is 0 Å². The van der Waals surface area contributed by atoms with Gasteiger partial charge in [-0.05, 0) is 13.3 Å². The highest BCUT2D eigenvalue weighted by atomic mass is 31.2. The summed E-state index contributed by atoms with van der Waals surface area (Å²) in [4.78, 5) is 0. The fourth-order valence-corrected chi connectivity index (χ4v) is 2.68. The SMILES string of the molecule is CCCC1(C)COP(=O)(F)OC1C. The second kappa shape index (κ2) is 3.68. The van der Waals surface area contributed by atoms with Crippen molar-refractivity contribution in [2.24, 2.45) is 5.41 Å². The van der Waals surface area contributed by atoms with Crippen LogP contribution in [0.15, 0.2) is 0 Å². The second-order valence-electron chi connectivity index (χ2n) is 3.86. The summed E-state index contributed by atoms with van der Waals surface area (Å²) in [5.74, 6) is 0. The van der Waals surface area contributed by atoms with Crippen LogP contribution in [0, 0.1) is 5.41 Å². The van der Waals surface area contributed by atoms with Gasteiger partial charge < -0.3 is 0 Å². The van der Waals surface area contributed by atoms with Gasteiger partial charge in [-0.25, -0.2) is 4.57 Å². The summed E-state index contributed by atoms with van der Waals surface area (Å²) in [5.41, 5.74) is -0.214. The molecule has 0 aromatic heterocycles. The summed E-state index contributed by atoms with van der Waals surface area (Å²) >= 11 is 0. The Balaban J connectivity index is 2.67. The number of hydrogen-bond acceptors (Lipinski definition) is 3. The number of halogens is 1. The van der Waals surface area contributed by atoms with Crippen molar-refractivity contribution in [2.75, 3.05) is 6.61 Å². The van der Waals surface area contributed by atoms with Crippen LogP contribution in [0.5, 0.6) is 0 Å². The molecule has 3 unspecified atom stereocenters. The molecule has 1 rings (SSSR count). The van der Waals surface area contributed by atoms with E-state index in [1.165, 1.54) is 0 Å². The van der Waals surface area contributed by atoms with E-state index in [2.05, 4.69) is 4.52 Å². The van der Waals surface area contributed by atoms with Crippen LogP contribution in [0.4, 0.5) is 4.20 Å². The topological polar surface area (TPSA) is 35.5 Å². The fraction of sp³-hybridized carbons (Fsp3) is 1.00. The van der Waals surface area contributed by atoms with Crippen LogP contribution in [0.25, 0.3) is 0 Å². The molecule has 0 bridgehead atoms. The van der Waals surface area contributed by atoms with Gasteiger partial charge in [0.2, 0.25) is 0 Å². The molecule has 3 atom stereocenters. The molecule has 0 spiro atoms. The van der Waals surface area contributed by atoms with Crippen LogP contribution >= 0.6 is 7.91 Å². The molecule has 0 N–H and O–H groups in total. The van der Waals surface area contributed by atoms with E-state index in [9.17, 15) is 8.76 Å². The normalized spacial score (nSPS) is 46.3. The standard InChI is InChI=1S/C8H16FO3P/c1-4-5-8(3)6-11-13(9,10)12-7(8)2/h7H,4-6H2,1-3H3. The molecule has 1 aliphatic heterocycles. The Bertz CT molecular complexity index is 233. The Hall–Kier alpha value is 0.0800. The maximum atomic E-state index is 12.8. The average molecular weight is 210 g/mol. The lowest BCUT2D eigenvalue weighted by Gasteiger charge is -2.39. The van der Waals surface area contributed by atoms with Crippen molar-refractivity contribution in [3.05, 3.63) is 0 Å². The largest absolute Gasteiger partial charge is 0.513 e. The zero-order valence-electron chi connectivity index (χ0n) is 8.25. The van der Waals surface area contributed by atoms with Gasteiger partial charge >= 0.3 is 7.91 Å². The predicted octanol–water partition coefficient (Wildman–Crippen LogP) is 3.31. The molecule has 0 aliphatic carbocycles. The molecule has 0 aromatic rings. The van der Waals surface area contributed by atoms with E-state index >= 15 is 0 Å². The summed E-state index contributed by atoms with van der Waals surface area (Å²) in [6, 6.07) is 0. The minimum Gasteiger partial charge on any atom is -0.283 e. The van der Waals surface area contributed by atoms with E-state index in [0.717, 1.165) is 12.8 Å². The zero-order chi connectivity index (χ0) is 10.1. The van der Waals surface area contributed by atoms with Crippen molar-refractivity contribution in [1.82, 2.24) is 0 Å². The van der Waals surface area contributed by atoms with E-state index in [4.69, 9.17) is 4.52 Å². The minimum absolute atomic E-state index is 0.176. The third-order valence-corrected chi connectivity index (χ3v) is 3.64. The van der Waals surface area contributed by atoms with Crippen molar-refractivity contribution in [3.8, 4) is 0 Å². The van der Waals surface area contributed by atoms with Gasteiger partial charge in [0, 0.05) is 5.41 Å². The van der Waals surface area contributed by atoms with Crippen LogP contribution < -0.4 is 0 Å². The van der Waals surface area contributed by atoms with Crippen molar-refractivity contribution in [3.63, 3.8) is 0 Å². The monoisotopic (exact) mass is 210 g/mol. The molecule has 0 saturated carbocycles. The Labute approximate surface area is 78.3 Å². The summed E-state index contributed by atoms with van der Waals surface area (Å²) in [6.45, 7) is 5.92. The predicted molar refractivity (Wildman–Crippen MR) is 48.2 cm³/mol. The van der Waals surface area contributed by atoms with Gasteiger partial charge in [-0.1, -0.05) is 20.3 Å². The molecule has 0 aromatic carbocycles. The lowest BCUT2D eigenvalue weighted by Crippen LogP contribution is -2.39. The maximum absolute atomic E-state index is 12.8. The van der Waals surface area contributed by atoms with Crippen LogP contribution in [0.3, 0.4) is 0 Å². The third-order valence-electron chi connectivity index (χ3n) is 2.64. The Morgan fingerprint density at radius 2 is 2.31 bits per heavy atom. The molecular formula is C8H16FO3P. The summed E-state index contributed by atoms with van der Waals surface area (Å²) < 4.78 is 32.9. The summed E-state index contributed by atoms with van der Waals surface area (Å²) in [7, 11) is -4.25. The summed E-state index contributed by atoms with van der Waals surface area (Å²) in [6.07, 6.45) is 1.51. The molecule has 3 nitrogen and oxygen atoms in total. The quantitative estimate of drug-likeness (QED) is 0.656. The Morgan fingerprint density at radius 1 is 1.69 bits per heavy atom. The minimum atomic E-state index is -4.25.